The van der Waals surface area contributed by atoms with Crippen LogP contribution in [0.15, 0.2) is 54.6 Å². The lowest BCUT2D eigenvalue weighted by Crippen LogP contribution is -2.24. The molecule has 0 radical (unpaired) electrons. The molecule has 0 N–H and O–H groups in total. The summed E-state index contributed by atoms with van der Waals surface area (Å²) in [6.07, 6.45) is 2.63. The van der Waals surface area contributed by atoms with Gasteiger partial charge in [0.2, 0.25) is 0 Å². The molecular formula is C19H23NO. The molecule has 3 rings (SSSR count). The van der Waals surface area contributed by atoms with Crippen LogP contribution >= 0.6 is 0 Å². The van der Waals surface area contributed by atoms with Crippen LogP contribution in [0.5, 0.6) is 5.75 Å². The predicted octanol–water partition coefficient (Wildman–Crippen LogP) is 4.07. The standard InChI is InChI=1S/C19H23NO/c1-20(15-16-7-3-2-4-8-16)13-14-21-19-10-6-5-9-18(19)17-11-12-17/h2-10,17H,11-15H2,1H3. The molecule has 2 heteroatoms. The first kappa shape index (κ1) is 14.2. The number of benzene rings is 2. The van der Waals surface area contributed by atoms with Crippen LogP contribution in [0.2, 0.25) is 0 Å². The summed E-state index contributed by atoms with van der Waals surface area (Å²) in [6, 6.07) is 19.1. The molecule has 1 fully saturated rings. The van der Waals surface area contributed by atoms with Gasteiger partial charge in [-0.25, -0.2) is 0 Å². The minimum absolute atomic E-state index is 0.739. The van der Waals surface area contributed by atoms with Gasteiger partial charge in [-0.2, -0.15) is 0 Å². The molecule has 0 spiro atoms. The molecule has 0 bridgehead atoms. The number of rotatable bonds is 7. The number of ether oxygens (including phenoxy) is 1. The number of hydrogen-bond acceptors (Lipinski definition) is 2. The molecule has 0 aromatic heterocycles. The van der Waals surface area contributed by atoms with Gasteiger partial charge >= 0.3 is 0 Å². The van der Waals surface area contributed by atoms with Gasteiger partial charge in [0.05, 0.1) is 0 Å². The Morgan fingerprint density at radius 3 is 2.48 bits per heavy atom. The molecule has 2 aromatic rings. The average Bonchev–Trinajstić information content (AvgIpc) is 3.33. The average molecular weight is 281 g/mol. The molecule has 0 aliphatic heterocycles. The smallest absolute Gasteiger partial charge is 0.122 e. The van der Waals surface area contributed by atoms with Crippen LogP contribution < -0.4 is 4.74 Å². The molecule has 1 aliphatic rings. The van der Waals surface area contributed by atoms with E-state index in [9.17, 15) is 0 Å². The van der Waals surface area contributed by atoms with E-state index in [-0.39, 0.29) is 0 Å². The van der Waals surface area contributed by atoms with Crippen molar-refractivity contribution in [3.05, 3.63) is 65.7 Å². The van der Waals surface area contributed by atoms with Gasteiger partial charge in [-0.15, -0.1) is 0 Å². The highest BCUT2D eigenvalue weighted by atomic mass is 16.5. The van der Waals surface area contributed by atoms with Gasteiger partial charge in [-0.05, 0) is 43.0 Å². The molecule has 2 nitrogen and oxygen atoms in total. The number of likely N-dealkylation sites (N-methyl/N-ethyl adjacent to an activating group) is 1. The molecule has 0 atom stereocenters. The minimum atomic E-state index is 0.739. The van der Waals surface area contributed by atoms with Crippen LogP contribution in [0, 0.1) is 0 Å². The van der Waals surface area contributed by atoms with E-state index in [1.54, 1.807) is 0 Å². The maximum Gasteiger partial charge on any atom is 0.122 e. The molecular weight excluding hydrogens is 258 g/mol. The van der Waals surface area contributed by atoms with Gasteiger partial charge in [-0.3, -0.25) is 4.90 Å². The lowest BCUT2D eigenvalue weighted by molar-refractivity contribution is 0.231. The summed E-state index contributed by atoms with van der Waals surface area (Å²) in [5.41, 5.74) is 2.74. The number of hydrogen-bond donors (Lipinski definition) is 0. The van der Waals surface area contributed by atoms with Crippen molar-refractivity contribution in [1.29, 1.82) is 0 Å². The van der Waals surface area contributed by atoms with E-state index < -0.39 is 0 Å². The van der Waals surface area contributed by atoms with Crippen LogP contribution in [0.25, 0.3) is 0 Å². The Balaban J connectivity index is 1.47. The largest absolute Gasteiger partial charge is 0.492 e. The second kappa shape index (κ2) is 6.77. The zero-order valence-corrected chi connectivity index (χ0v) is 12.7. The molecule has 2 aromatic carbocycles. The van der Waals surface area contributed by atoms with Crippen molar-refractivity contribution in [2.75, 3.05) is 20.2 Å². The first-order valence-corrected chi connectivity index (χ1v) is 7.77. The third kappa shape index (κ3) is 4.08. The monoisotopic (exact) mass is 281 g/mol. The van der Waals surface area contributed by atoms with Crippen LogP contribution in [0.1, 0.15) is 29.9 Å². The van der Waals surface area contributed by atoms with E-state index in [0.717, 1.165) is 31.4 Å². The van der Waals surface area contributed by atoms with Gasteiger partial charge in [-0.1, -0.05) is 48.5 Å². The lowest BCUT2D eigenvalue weighted by Gasteiger charge is -2.18. The third-order valence-electron chi connectivity index (χ3n) is 3.96. The molecule has 21 heavy (non-hydrogen) atoms. The first-order valence-electron chi connectivity index (χ1n) is 7.77. The fraction of sp³-hybridized carbons (Fsp3) is 0.368. The fourth-order valence-corrected chi connectivity index (χ4v) is 2.63. The van der Waals surface area contributed by atoms with E-state index in [2.05, 4.69) is 66.5 Å². The Morgan fingerprint density at radius 1 is 1.00 bits per heavy atom. The minimum Gasteiger partial charge on any atom is -0.492 e. The van der Waals surface area contributed by atoms with Gasteiger partial charge < -0.3 is 4.74 Å². The van der Waals surface area contributed by atoms with Crippen molar-refractivity contribution in [1.82, 2.24) is 4.90 Å². The molecule has 1 aliphatic carbocycles. The molecule has 0 saturated heterocycles. The summed E-state index contributed by atoms with van der Waals surface area (Å²) >= 11 is 0. The van der Waals surface area contributed by atoms with Crippen molar-refractivity contribution in [2.45, 2.75) is 25.3 Å². The Labute approximate surface area is 127 Å². The Bertz CT molecular complexity index is 563. The summed E-state index contributed by atoms with van der Waals surface area (Å²) in [7, 11) is 2.14. The van der Waals surface area contributed by atoms with Crippen LogP contribution in [-0.2, 0) is 6.54 Å². The van der Waals surface area contributed by atoms with Crippen LogP contribution in [0.3, 0.4) is 0 Å². The first-order chi connectivity index (χ1) is 10.3. The van der Waals surface area contributed by atoms with Gasteiger partial charge in [0.15, 0.2) is 0 Å². The highest BCUT2D eigenvalue weighted by Gasteiger charge is 2.26. The van der Waals surface area contributed by atoms with Gasteiger partial charge in [0.25, 0.3) is 0 Å². The molecule has 110 valence electrons. The molecule has 0 amide bonds. The summed E-state index contributed by atoms with van der Waals surface area (Å²) in [6.45, 7) is 2.65. The summed E-state index contributed by atoms with van der Waals surface area (Å²) in [4.78, 5) is 2.30. The Hall–Kier alpha value is -1.80. The zero-order chi connectivity index (χ0) is 14.5. The number of nitrogens with zero attached hydrogens (tertiary/aromatic N) is 1. The zero-order valence-electron chi connectivity index (χ0n) is 12.7. The van der Waals surface area contributed by atoms with E-state index in [4.69, 9.17) is 4.74 Å². The van der Waals surface area contributed by atoms with E-state index in [0.29, 0.717) is 0 Å². The van der Waals surface area contributed by atoms with Crippen molar-refractivity contribution in [3.63, 3.8) is 0 Å². The maximum atomic E-state index is 6.01. The van der Waals surface area contributed by atoms with Crippen molar-refractivity contribution < 1.29 is 4.74 Å². The quantitative estimate of drug-likeness (QED) is 0.758. The van der Waals surface area contributed by atoms with Crippen molar-refractivity contribution >= 4 is 0 Å². The Kier molecular flexibility index (Phi) is 4.56. The highest BCUT2D eigenvalue weighted by Crippen LogP contribution is 2.44. The summed E-state index contributed by atoms with van der Waals surface area (Å²) in [5, 5.41) is 0. The molecule has 0 heterocycles. The van der Waals surface area contributed by atoms with Gasteiger partial charge in [0.1, 0.15) is 12.4 Å². The predicted molar refractivity (Wildman–Crippen MR) is 86.7 cm³/mol. The van der Waals surface area contributed by atoms with E-state index in [1.165, 1.54) is 24.0 Å². The normalized spacial score (nSPS) is 14.4. The SMILES string of the molecule is CN(CCOc1ccccc1C1CC1)Cc1ccccc1. The van der Waals surface area contributed by atoms with Crippen molar-refractivity contribution in [2.24, 2.45) is 0 Å². The second-order valence-electron chi connectivity index (χ2n) is 5.88. The maximum absolute atomic E-state index is 6.01. The third-order valence-corrected chi connectivity index (χ3v) is 3.96. The number of para-hydroxylation sites is 1. The summed E-state index contributed by atoms with van der Waals surface area (Å²) in [5.74, 6) is 1.82. The summed E-state index contributed by atoms with van der Waals surface area (Å²) < 4.78 is 6.01. The molecule has 1 saturated carbocycles. The lowest BCUT2D eigenvalue weighted by atomic mass is 10.1. The Morgan fingerprint density at radius 2 is 1.71 bits per heavy atom. The fourth-order valence-electron chi connectivity index (χ4n) is 2.63. The van der Waals surface area contributed by atoms with Crippen LogP contribution in [-0.4, -0.2) is 25.1 Å². The van der Waals surface area contributed by atoms with Crippen molar-refractivity contribution in [3.8, 4) is 5.75 Å². The highest BCUT2D eigenvalue weighted by molar-refractivity contribution is 5.38. The van der Waals surface area contributed by atoms with Crippen LogP contribution in [0.4, 0.5) is 0 Å². The topological polar surface area (TPSA) is 12.5 Å². The van der Waals surface area contributed by atoms with E-state index in [1.807, 2.05) is 0 Å². The van der Waals surface area contributed by atoms with E-state index >= 15 is 0 Å². The van der Waals surface area contributed by atoms with Gasteiger partial charge in [0, 0.05) is 13.1 Å². The molecule has 0 unspecified atom stereocenters. The second-order valence-corrected chi connectivity index (χ2v) is 5.88.